The van der Waals surface area contributed by atoms with Crippen LogP contribution in [0.5, 0.6) is 0 Å². The lowest BCUT2D eigenvalue weighted by Gasteiger charge is -2.01. The van der Waals surface area contributed by atoms with Gasteiger partial charge in [0.1, 0.15) is 4.47 Å². The molecule has 0 saturated heterocycles. The Balaban J connectivity index is 2.15. The van der Waals surface area contributed by atoms with E-state index in [1.165, 1.54) is 6.20 Å². The van der Waals surface area contributed by atoms with Gasteiger partial charge in [0.25, 0.3) is 5.56 Å². The highest BCUT2D eigenvalue weighted by Gasteiger charge is 2.02. The number of H-pyrrole nitrogens is 1. The van der Waals surface area contributed by atoms with Crippen LogP contribution in [0.3, 0.4) is 0 Å². The standard InChI is InChI=1S/C11H8BrClN4O/c12-10-9(6-15-17-11(10)18)16-14-5-7-3-1-2-4-8(7)13/h1-6H,(H2,16,17,18). The van der Waals surface area contributed by atoms with Crippen LogP contribution in [-0.4, -0.2) is 16.4 Å². The lowest BCUT2D eigenvalue weighted by Crippen LogP contribution is -2.10. The Morgan fingerprint density at radius 2 is 2.22 bits per heavy atom. The van der Waals surface area contributed by atoms with E-state index in [9.17, 15) is 4.79 Å². The summed E-state index contributed by atoms with van der Waals surface area (Å²) in [7, 11) is 0. The van der Waals surface area contributed by atoms with Gasteiger partial charge in [-0.15, -0.1) is 0 Å². The van der Waals surface area contributed by atoms with Crippen molar-refractivity contribution in [3.8, 4) is 0 Å². The number of anilines is 1. The van der Waals surface area contributed by atoms with Gasteiger partial charge in [0.15, 0.2) is 0 Å². The van der Waals surface area contributed by atoms with E-state index in [1.54, 1.807) is 12.3 Å². The Kier molecular flexibility index (Phi) is 4.11. The molecule has 18 heavy (non-hydrogen) atoms. The predicted molar refractivity (Wildman–Crippen MR) is 75.2 cm³/mol. The van der Waals surface area contributed by atoms with Crippen molar-refractivity contribution in [2.75, 3.05) is 5.43 Å². The zero-order valence-electron chi connectivity index (χ0n) is 9.02. The van der Waals surface area contributed by atoms with E-state index in [-0.39, 0.29) is 5.56 Å². The molecule has 1 aromatic heterocycles. The highest BCUT2D eigenvalue weighted by molar-refractivity contribution is 9.10. The molecular weight excluding hydrogens is 320 g/mol. The van der Waals surface area contributed by atoms with Gasteiger partial charge in [0.05, 0.1) is 18.1 Å². The molecule has 2 N–H and O–H groups in total. The van der Waals surface area contributed by atoms with Gasteiger partial charge in [0, 0.05) is 10.6 Å². The van der Waals surface area contributed by atoms with Crippen molar-refractivity contribution in [3.63, 3.8) is 0 Å². The summed E-state index contributed by atoms with van der Waals surface area (Å²) in [4.78, 5) is 11.2. The number of aromatic amines is 1. The lowest BCUT2D eigenvalue weighted by atomic mass is 10.2. The predicted octanol–water partition coefficient (Wildman–Crippen LogP) is 2.63. The Morgan fingerprint density at radius 1 is 1.44 bits per heavy atom. The van der Waals surface area contributed by atoms with Gasteiger partial charge in [-0.3, -0.25) is 10.2 Å². The monoisotopic (exact) mass is 326 g/mol. The van der Waals surface area contributed by atoms with Gasteiger partial charge in [-0.25, -0.2) is 5.10 Å². The van der Waals surface area contributed by atoms with E-state index in [0.29, 0.717) is 15.2 Å². The topological polar surface area (TPSA) is 70.1 Å². The highest BCUT2D eigenvalue weighted by atomic mass is 79.9. The van der Waals surface area contributed by atoms with E-state index in [1.807, 2.05) is 18.2 Å². The molecule has 2 rings (SSSR count). The summed E-state index contributed by atoms with van der Waals surface area (Å²) in [5.74, 6) is 0. The molecule has 1 aromatic carbocycles. The third-order valence-electron chi connectivity index (χ3n) is 2.09. The fourth-order valence-corrected chi connectivity index (χ4v) is 1.68. The normalized spacial score (nSPS) is 10.8. The molecule has 0 fully saturated rings. The van der Waals surface area contributed by atoms with Crippen molar-refractivity contribution in [1.82, 2.24) is 10.2 Å². The third-order valence-corrected chi connectivity index (χ3v) is 3.22. The van der Waals surface area contributed by atoms with Gasteiger partial charge >= 0.3 is 0 Å². The number of hydrazone groups is 1. The Hall–Kier alpha value is -1.66. The molecule has 0 aliphatic carbocycles. The average Bonchev–Trinajstić information content (AvgIpc) is 2.37. The van der Waals surface area contributed by atoms with Crippen LogP contribution < -0.4 is 11.0 Å². The van der Waals surface area contributed by atoms with Crippen molar-refractivity contribution in [1.29, 1.82) is 0 Å². The molecule has 0 saturated carbocycles. The molecule has 0 radical (unpaired) electrons. The summed E-state index contributed by atoms with van der Waals surface area (Å²) in [5.41, 5.74) is 3.64. The number of rotatable bonds is 3. The first-order chi connectivity index (χ1) is 8.68. The molecule has 0 bridgehead atoms. The van der Waals surface area contributed by atoms with Gasteiger partial charge in [-0.05, 0) is 22.0 Å². The Labute approximate surface area is 116 Å². The second-order valence-electron chi connectivity index (χ2n) is 3.32. The Bertz CT molecular complexity index is 641. The minimum atomic E-state index is -0.326. The summed E-state index contributed by atoms with van der Waals surface area (Å²) in [6.07, 6.45) is 3.02. The largest absolute Gasteiger partial charge is 0.280 e. The van der Waals surface area contributed by atoms with Crippen LogP contribution in [-0.2, 0) is 0 Å². The number of benzene rings is 1. The third kappa shape index (κ3) is 2.96. The van der Waals surface area contributed by atoms with Crippen LogP contribution in [0, 0.1) is 0 Å². The zero-order chi connectivity index (χ0) is 13.0. The average molecular weight is 328 g/mol. The van der Waals surface area contributed by atoms with Crippen LogP contribution >= 0.6 is 27.5 Å². The van der Waals surface area contributed by atoms with E-state index in [4.69, 9.17) is 11.6 Å². The summed E-state index contributed by atoms with van der Waals surface area (Å²) in [6.45, 7) is 0. The SMILES string of the molecule is O=c1[nH]ncc(NN=Cc2ccccc2Cl)c1Br. The number of nitrogens with zero attached hydrogens (tertiary/aromatic N) is 2. The number of halogens is 2. The fraction of sp³-hybridized carbons (Fsp3) is 0. The van der Waals surface area contributed by atoms with Gasteiger partial charge < -0.3 is 0 Å². The van der Waals surface area contributed by atoms with Crippen LogP contribution in [0.4, 0.5) is 5.69 Å². The van der Waals surface area contributed by atoms with Crippen molar-refractivity contribution < 1.29 is 0 Å². The minimum absolute atomic E-state index is 0.326. The first-order valence-corrected chi connectivity index (χ1v) is 6.12. The smallest absolute Gasteiger partial charge is 0.275 e. The number of hydrogen-bond donors (Lipinski definition) is 2. The first-order valence-electron chi connectivity index (χ1n) is 4.95. The van der Waals surface area contributed by atoms with E-state index in [2.05, 4.69) is 36.7 Å². The molecule has 0 aliphatic heterocycles. The van der Waals surface area contributed by atoms with E-state index >= 15 is 0 Å². The molecule has 0 amide bonds. The lowest BCUT2D eigenvalue weighted by molar-refractivity contribution is 0.977. The fourth-order valence-electron chi connectivity index (χ4n) is 1.21. The summed E-state index contributed by atoms with van der Waals surface area (Å²) in [5, 5.41) is 10.5. The summed E-state index contributed by atoms with van der Waals surface area (Å²) < 4.78 is 0.341. The van der Waals surface area contributed by atoms with Crippen LogP contribution in [0.25, 0.3) is 0 Å². The van der Waals surface area contributed by atoms with Crippen LogP contribution in [0.15, 0.2) is 44.8 Å². The maximum atomic E-state index is 11.2. The molecule has 7 heteroatoms. The highest BCUT2D eigenvalue weighted by Crippen LogP contribution is 2.16. The van der Waals surface area contributed by atoms with Gasteiger partial charge in [-0.2, -0.15) is 10.2 Å². The van der Waals surface area contributed by atoms with Crippen LogP contribution in [0.1, 0.15) is 5.56 Å². The number of nitrogens with one attached hydrogen (secondary N) is 2. The molecule has 0 spiro atoms. The first kappa shape index (κ1) is 12.8. The minimum Gasteiger partial charge on any atom is -0.275 e. The molecule has 92 valence electrons. The second kappa shape index (κ2) is 5.79. The van der Waals surface area contributed by atoms with Gasteiger partial charge in [0.2, 0.25) is 0 Å². The molecule has 0 aliphatic rings. The van der Waals surface area contributed by atoms with Crippen LogP contribution in [0.2, 0.25) is 5.02 Å². The quantitative estimate of drug-likeness (QED) is 0.672. The molecule has 1 heterocycles. The maximum Gasteiger partial charge on any atom is 0.280 e. The van der Waals surface area contributed by atoms with Crippen molar-refractivity contribution >= 4 is 39.4 Å². The summed E-state index contributed by atoms with van der Waals surface area (Å²) in [6, 6.07) is 7.30. The maximum absolute atomic E-state index is 11.2. The second-order valence-corrected chi connectivity index (χ2v) is 4.52. The van der Waals surface area contributed by atoms with Crippen molar-refractivity contribution in [2.45, 2.75) is 0 Å². The molecule has 0 unspecified atom stereocenters. The van der Waals surface area contributed by atoms with Crippen molar-refractivity contribution in [2.24, 2.45) is 5.10 Å². The number of aromatic nitrogens is 2. The van der Waals surface area contributed by atoms with E-state index < -0.39 is 0 Å². The molecule has 5 nitrogen and oxygen atoms in total. The molecule has 2 aromatic rings. The molecule has 0 atom stereocenters. The molecular formula is C11H8BrClN4O. The summed E-state index contributed by atoms with van der Waals surface area (Å²) >= 11 is 9.10. The van der Waals surface area contributed by atoms with Crippen molar-refractivity contribution in [3.05, 3.63) is 55.9 Å². The Morgan fingerprint density at radius 3 is 3.00 bits per heavy atom. The number of hydrogen-bond acceptors (Lipinski definition) is 4. The zero-order valence-corrected chi connectivity index (χ0v) is 11.4. The van der Waals surface area contributed by atoms with E-state index in [0.717, 1.165) is 5.56 Å². The van der Waals surface area contributed by atoms with Gasteiger partial charge in [-0.1, -0.05) is 29.8 Å².